The smallest absolute Gasteiger partial charge is 0.00644 e. The first kappa shape index (κ1) is 22.6. The summed E-state index contributed by atoms with van der Waals surface area (Å²) < 4.78 is 0. The summed E-state index contributed by atoms with van der Waals surface area (Å²) in [5, 5.41) is 3.45. The number of hydrogen-bond acceptors (Lipinski definition) is 1. The van der Waals surface area contributed by atoms with E-state index in [0.717, 1.165) is 23.8 Å². The highest BCUT2D eigenvalue weighted by atomic mass is 14.9. The maximum Gasteiger partial charge on any atom is 0.00644 e. The zero-order valence-corrected chi connectivity index (χ0v) is 19.9. The van der Waals surface area contributed by atoms with Crippen molar-refractivity contribution in [2.75, 3.05) is 7.05 Å². The fourth-order valence-electron chi connectivity index (χ4n) is 6.08. The third-order valence-electron chi connectivity index (χ3n) is 8.30. The highest BCUT2D eigenvalue weighted by molar-refractivity contribution is 5.64. The summed E-state index contributed by atoms with van der Waals surface area (Å²) in [6.07, 6.45) is 16.6. The largest absolute Gasteiger partial charge is 0.317 e. The molecule has 0 saturated heterocycles. The molecule has 168 valence electrons. The molecule has 0 aromatic heterocycles. The SMILES string of the molecule is CCCCCC1CCC(c2ccc(-c3ccc(C4CCC(NC)CC4)cc3)cc2)CC1. The van der Waals surface area contributed by atoms with Gasteiger partial charge in [0, 0.05) is 6.04 Å². The van der Waals surface area contributed by atoms with Crippen molar-refractivity contribution in [3.63, 3.8) is 0 Å². The monoisotopic (exact) mass is 417 g/mol. The summed E-state index contributed by atoms with van der Waals surface area (Å²) in [6.45, 7) is 2.31. The highest BCUT2D eigenvalue weighted by Gasteiger charge is 2.23. The Morgan fingerprint density at radius 2 is 1.13 bits per heavy atom. The molecular formula is C30H43N. The van der Waals surface area contributed by atoms with Gasteiger partial charge in [-0.25, -0.2) is 0 Å². The van der Waals surface area contributed by atoms with Gasteiger partial charge in [0.15, 0.2) is 0 Å². The fraction of sp³-hybridized carbons (Fsp3) is 0.600. The lowest BCUT2D eigenvalue weighted by Crippen LogP contribution is -2.29. The van der Waals surface area contributed by atoms with Crippen molar-refractivity contribution < 1.29 is 0 Å². The first-order chi connectivity index (χ1) is 15.3. The maximum absolute atomic E-state index is 3.45. The van der Waals surface area contributed by atoms with E-state index in [1.54, 1.807) is 5.56 Å². The van der Waals surface area contributed by atoms with Crippen LogP contribution in [-0.4, -0.2) is 13.1 Å². The van der Waals surface area contributed by atoms with Crippen LogP contribution in [0.2, 0.25) is 0 Å². The van der Waals surface area contributed by atoms with Gasteiger partial charge in [-0.3, -0.25) is 0 Å². The molecule has 0 bridgehead atoms. The van der Waals surface area contributed by atoms with E-state index in [1.165, 1.54) is 93.7 Å². The fourth-order valence-corrected chi connectivity index (χ4v) is 6.08. The van der Waals surface area contributed by atoms with E-state index < -0.39 is 0 Å². The summed E-state index contributed by atoms with van der Waals surface area (Å²) in [5.74, 6) is 2.53. The molecule has 2 saturated carbocycles. The van der Waals surface area contributed by atoms with Gasteiger partial charge in [0.05, 0.1) is 0 Å². The van der Waals surface area contributed by atoms with E-state index in [9.17, 15) is 0 Å². The van der Waals surface area contributed by atoms with E-state index in [2.05, 4.69) is 67.8 Å². The van der Waals surface area contributed by atoms with Gasteiger partial charge in [-0.15, -0.1) is 0 Å². The highest BCUT2D eigenvalue weighted by Crippen LogP contribution is 2.38. The van der Waals surface area contributed by atoms with Gasteiger partial charge in [-0.2, -0.15) is 0 Å². The zero-order valence-electron chi connectivity index (χ0n) is 19.9. The lowest BCUT2D eigenvalue weighted by atomic mass is 9.77. The average molecular weight is 418 g/mol. The molecular weight excluding hydrogens is 374 g/mol. The van der Waals surface area contributed by atoms with E-state index in [1.807, 2.05) is 0 Å². The predicted molar refractivity (Wildman–Crippen MR) is 135 cm³/mol. The second-order valence-electron chi connectivity index (χ2n) is 10.3. The Balaban J connectivity index is 1.30. The van der Waals surface area contributed by atoms with Crippen LogP contribution in [0.15, 0.2) is 48.5 Å². The number of nitrogens with one attached hydrogen (secondary N) is 1. The predicted octanol–water partition coefficient (Wildman–Crippen LogP) is 8.45. The van der Waals surface area contributed by atoms with Crippen molar-refractivity contribution in [2.24, 2.45) is 5.92 Å². The molecule has 0 spiro atoms. The van der Waals surface area contributed by atoms with Crippen LogP contribution >= 0.6 is 0 Å². The normalized spacial score (nSPS) is 26.6. The molecule has 31 heavy (non-hydrogen) atoms. The first-order valence-electron chi connectivity index (χ1n) is 13.1. The quantitative estimate of drug-likeness (QED) is 0.425. The first-order valence-corrected chi connectivity index (χ1v) is 13.1. The molecule has 0 amide bonds. The van der Waals surface area contributed by atoms with Crippen LogP contribution in [0.5, 0.6) is 0 Å². The van der Waals surface area contributed by atoms with Crippen LogP contribution in [0, 0.1) is 5.92 Å². The van der Waals surface area contributed by atoms with Gasteiger partial charge in [0.2, 0.25) is 0 Å². The topological polar surface area (TPSA) is 12.0 Å². The minimum absolute atomic E-state index is 0.727. The third-order valence-corrected chi connectivity index (χ3v) is 8.30. The van der Waals surface area contributed by atoms with Gasteiger partial charge in [0.25, 0.3) is 0 Å². The van der Waals surface area contributed by atoms with E-state index in [0.29, 0.717) is 0 Å². The van der Waals surface area contributed by atoms with E-state index in [4.69, 9.17) is 0 Å². The molecule has 2 aromatic rings. The molecule has 0 heterocycles. The van der Waals surface area contributed by atoms with Gasteiger partial charge >= 0.3 is 0 Å². The van der Waals surface area contributed by atoms with Gasteiger partial charge in [0.1, 0.15) is 0 Å². The van der Waals surface area contributed by atoms with Crippen LogP contribution in [0.4, 0.5) is 0 Å². The average Bonchev–Trinajstić information content (AvgIpc) is 2.85. The summed E-state index contributed by atoms with van der Waals surface area (Å²) in [6, 6.07) is 19.7. The lowest BCUT2D eigenvalue weighted by molar-refractivity contribution is 0.303. The van der Waals surface area contributed by atoms with E-state index >= 15 is 0 Å². The molecule has 1 N–H and O–H groups in total. The Labute approximate surface area is 191 Å². The molecule has 2 aliphatic rings. The Kier molecular flexibility index (Phi) is 8.25. The minimum Gasteiger partial charge on any atom is -0.317 e. The molecule has 2 aliphatic carbocycles. The second kappa shape index (κ2) is 11.3. The number of benzene rings is 2. The summed E-state index contributed by atoms with van der Waals surface area (Å²) in [7, 11) is 2.10. The minimum atomic E-state index is 0.727. The second-order valence-corrected chi connectivity index (χ2v) is 10.3. The molecule has 4 rings (SSSR count). The molecule has 0 atom stereocenters. The van der Waals surface area contributed by atoms with Crippen molar-refractivity contribution in [1.82, 2.24) is 5.32 Å². The van der Waals surface area contributed by atoms with Gasteiger partial charge < -0.3 is 5.32 Å². The Morgan fingerprint density at radius 1 is 0.645 bits per heavy atom. The zero-order chi connectivity index (χ0) is 21.5. The molecule has 2 fully saturated rings. The Morgan fingerprint density at radius 3 is 1.58 bits per heavy atom. The van der Waals surface area contributed by atoms with Gasteiger partial charge in [-0.1, -0.05) is 81.1 Å². The Bertz CT molecular complexity index is 759. The number of unbranched alkanes of at least 4 members (excludes halogenated alkanes) is 2. The summed E-state index contributed by atoms with van der Waals surface area (Å²) in [4.78, 5) is 0. The molecule has 1 heteroatoms. The van der Waals surface area contributed by atoms with Crippen molar-refractivity contribution in [3.05, 3.63) is 59.7 Å². The molecule has 1 nitrogen and oxygen atoms in total. The van der Waals surface area contributed by atoms with Crippen molar-refractivity contribution in [1.29, 1.82) is 0 Å². The van der Waals surface area contributed by atoms with Crippen molar-refractivity contribution >= 4 is 0 Å². The van der Waals surface area contributed by atoms with Crippen LogP contribution in [0.1, 0.15) is 107 Å². The molecule has 0 radical (unpaired) electrons. The molecule has 0 unspecified atom stereocenters. The van der Waals surface area contributed by atoms with Crippen LogP contribution in [0.25, 0.3) is 11.1 Å². The van der Waals surface area contributed by atoms with Crippen molar-refractivity contribution in [3.8, 4) is 11.1 Å². The molecule has 0 aliphatic heterocycles. The van der Waals surface area contributed by atoms with Crippen LogP contribution in [0.3, 0.4) is 0 Å². The Hall–Kier alpha value is -1.60. The molecule has 2 aromatic carbocycles. The van der Waals surface area contributed by atoms with E-state index in [-0.39, 0.29) is 0 Å². The van der Waals surface area contributed by atoms with Crippen molar-refractivity contribution in [2.45, 2.75) is 102 Å². The lowest BCUT2D eigenvalue weighted by Gasteiger charge is -2.29. The summed E-state index contributed by atoms with van der Waals surface area (Å²) in [5.41, 5.74) is 5.82. The van der Waals surface area contributed by atoms with Crippen LogP contribution < -0.4 is 5.32 Å². The summed E-state index contributed by atoms with van der Waals surface area (Å²) >= 11 is 0. The number of rotatable bonds is 8. The van der Waals surface area contributed by atoms with Gasteiger partial charge in [-0.05, 0) is 98.4 Å². The van der Waals surface area contributed by atoms with Crippen LogP contribution in [-0.2, 0) is 0 Å². The standard InChI is InChI=1S/C30H43N/c1-3-4-5-6-23-7-9-24(10-8-23)25-11-13-26(14-12-25)27-15-17-28(18-16-27)29-19-21-30(31-2)22-20-29/h11-18,23-24,29-31H,3-10,19-22H2,1-2H3. The maximum atomic E-state index is 3.45. The number of hydrogen-bond donors (Lipinski definition) is 1. The third kappa shape index (κ3) is 6.01.